The van der Waals surface area contributed by atoms with Gasteiger partial charge in [-0.2, -0.15) is 0 Å². The molecule has 0 fully saturated rings. The zero-order valence-corrected chi connectivity index (χ0v) is 11.7. The molecule has 0 aromatic heterocycles. The second-order valence-corrected chi connectivity index (χ2v) is 6.39. The van der Waals surface area contributed by atoms with Crippen molar-refractivity contribution in [3.63, 3.8) is 0 Å². The number of hydrogen-bond acceptors (Lipinski definition) is 2. The average molecular weight is 278 g/mol. The first-order valence-corrected chi connectivity index (χ1v) is 8.72. The average Bonchev–Trinajstić information content (AvgIpc) is 2.21. The fourth-order valence-electron chi connectivity index (χ4n) is 1.16. The molecule has 0 aliphatic heterocycles. The molecule has 3 heteroatoms. The Kier molecular flexibility index (Phi) is 13.7. The van der Waals surface area contributed by atoms with Crippen molar-refractivity contribution < 1.29 is 0 Å². The van der Waals surface area contributed by atoms with Gasteiger partial charge >= 0.3 is 99.2 Å². The summed E-state index contributed by atoms with van der Waals surface area (Å²) in [5, 5.41) is 9.51. The number of hydrogen-bond donors (Lipinski definition) is 0. The summed E-state index contributed by atoms with van der Waals surface area (Å²) < 4.78 is 0. The van der Waals surface area contributed by atoms with Crippen LogP contribution in [-0.4, -0.2) is 26.5 Å². The van der Waals surface area contributed by atoms with Crippen molar-refractivity contribution >= 4 is 26.7 Å². The molecule has 0 saturated heterocycles. The van der Waals surface area contributed by atoms with Crippen LogP contribution >= 0.6 is 11.8 Å². The Morgan fingerprint density at radius 1 is 1.07 bits per heavy atom. The van der Waals surface area contributed by atoms with E-state index in [1.165, 1.54) is 50.0 Å². The van der Waals surface area contributed by atoms with Gasteiger partial charge < -0.3 is 0 Å². The summed E-state index contributed by atoms with van der Waals surface area (Å²) in [5.41, 5.74) is 0. The van der Waals surface area contributed by atoms with Crippen LogP contribution in [0.4, 0.5) is 0 Å². The van der Waals surface area contributed by atoms with Gasteiger partial charge in [0.1, 0.15) is 0 Å². The molecule has 0 aromatic rings. The maximum absolute atomic E-state index is 8.36. The summed E-state index contributed by atoms with van der Waals surface area (Å²) >= 11 is 2.34. The Hall–Kier alpha value is 0.359. The second kappa shape index (κ2) is 13.4. The fourth-order valence-corrected chi connectivity index (χ4v) is 3.10. The van der Waals surface area contributed by atoms with Gasteiger partial charge in [-0.3, -0.25) is 0 Å². The molecule has 0 saturated carbocycles. The van der Waals surface area contributed by atoms with Crippen LogP contribution in [0.15, 0.2) is 0 Å². The van der Waals surface area contributed by atoms with E-state index in [2.05, 4.69) is 23.7 Å². The fraction of sp³-hybridized carbons (Fsp3) is 0.909. The van der Waals surface area contributed by atoms with Crippen LogP contribution in [0.25, 0.3) is 0 Å². The molecule has 0 bridgehead atoms. The van der Waals surface area contributed by atoms with Crippen molar-refractivity contribution in [2.24, 2.45) is 0 Å². The van der Waals surface area contributed by atoms with Crippen molar-refractivity contribution in [1.82, 2.24) is 0 Å². The molecule has 0 amide bonds. The number of thioether (sulfide) groups is 1. The van der Waals surface area contributed by atoms with Gasteiger partial charge in [0, 0.05) is 0 Å². The molecule has 0 aromatic carbocycles. The zero-order valence-electron chi connectivity index (χ0n) is 9.13. The van der Waals surface area contributed by atoms with Crippen molar-refractivity contribution in [1.29, 1.82) is 5.26 Å². The minimum absolute atomic E-state index is 0.256. The van der Waals surface area contributed by atoms with E-state index in [-0.39, 0.29) is 15.0 Å². The minimum atomic E-state index is 0.256. The maximum atomic E-state index is 8.36. The topological polar surface area (TPSA) is 23.8 Å². The van der Waals surface area contributed by atoms with Crippen LogP contribution in [0.3, 0.4) is 0 Å². The van der Waals surface area contributed by atoms with Crippen LogP contribution in [0.5, 0.6) is 0 Å². The molecule has 0 aliphatic rings. The third-order valence-electron chi connectivity index (χ3n) is 1.99. The molecule has 0 heterocycles. The van der Waals surface area contributed by atoms with E-state index in [1.807, 2.05) is 0 Å². The van der Waals surface area contributed by atoms with Crippen LogP contribution in [0.1, 0.15) is 45.4 Å². The first kappa shape index (κ1) is 14.4. The Morgan fingerprint density at radius 3 is 2.43 bits per heavy atom. The molecule has 0 N–H and O–H groups in total. The van der Waals surface area contributed by atoms with Gasteiger partial charge in [-0.1, -0.05) is 0 Å². The summed E-state index contributed by atoms with van der Waals surface area (Å²) in [6, 6.07) is 0. The van der Waals surface area contributed by atoms with Crippen LogP contribution in [0.2, 0.25) is 5.32 Å². The van der Waals surface area contributed by atoms with Gasteiger partial charge in [-0.05, 0) is 0 Å². The predicted molar refractivity (Wildman–Crippen MR) is 66.9 cm³/mol. The number of unbranched alkanes of at least 4 members (excludes halogenated alkanes) is 4. The number of rotatable bonds is 10. The van der Waals surface area contributed by atoms with Crippen molar-refractivity contribution in [2.75, 3.05) is 11.5 Å². The molecule has 0 spiro atoms. The van der Waals surface area contributed by atoms with E-state index in [1.54, 1.807) is 0 Å². The van der Waals surface area contributed by atoms with E-state index < -0.39 is 0 Å². The van der Waals surface area contributed by atoms with Crippen molar-refractivity contribution in [2.45, 2.75) is 50.8 Å². The molecule has 0 aliphatic carbocycles. The van der Waals surface area contributed by atoms with Crippen LogP contribution in [0, 0.1) is 10.2 Å². The Bertz CT molecular complexity index is 145. The van der Waals surface area contributed by atoms with Gasteiger partial charge in [0.25, 0.3) is 0 Å². The van der Waals surface area contributed by atoms with Crippen LogP contribution in [-0.2, 0) is 0 Å². The third kappa shape index (κ3) is 12.4. The van der Waals surface area contributed by atoms with Crippen LogP contribution < -0.4 is 0 Å². The summed E-state index contributed by atoms with van der Waals surface area (Å²) in [6.45, 7) is 2.25. The predicted octanol–water partition coefficient (Wildman–Crippen LogP) is 3.68. The molecule has 0 radical (unpaired) electrons. The van der Waals surface area contributed by atoms with Crippen molar-refractivity contribution in [3.8, 4) is 4.97 Å². The first-order chi connectivity index (χ1) is 6.91. The molecule has 82 valence electrons. The van der Waals surface area contributed by atoms with Gasteiger partial charge in [-0.25, -0.2) is 0 Å². The Balaban J connectivity index is 2.82. The SMILES string of the molecule is CCCCCCSCCCC[Se]C#N. The number of nitriles is 1. The molecule has 14 heavy (non-hydrogen) atoms. The second-order valence-electron chi connectivity index (χ2n) is 3.32. The Morgan fingerprint density at radius 2 is 1.79 bits per heavy atom. The summed E-state index contributed by atoms with van der Waals surface area (Å²) in [5.74, 6) is 2.64. The monoisotopic (exact) mass is 279 g/mol. The molecule has 0 rings (SSSR count). The van der Waals surface area contributed by atoms with Gasteiger partial charge in [0.15, 0.2) is 0 Å². The quantitative estimate of drug-likeness (QED) is 0.449. The summed E-state index contributed by atoms with van der Waals surface area (Å²) in [7, 11) is 0. The molecule has 0 atom stereocenters. The zero-order chi connectivity index (χ0) is 10.5. The van der Waals surface area contributed by atoms with Crippen molar-refractivity contribution in [3.05, 3.63) is 0 Å². The van der Waals surface area contributed by atoms with Gasteiger partial charge in [0.2, 0.25) is 0 Å². The van der Waals surface area contributed by atoms with Gasteiger partial charge in [0.05, 0.1) is 0 Å². The van der Waals surface area contributed by atoms with E-state index in [4.69, 9.17) is 5.26 Å². The first-order valence-electron chi connectivity index (χ1n) is 5.50. The molecular weight excluding hydrogens is 257 g/mol. The molecule has 0 unspecified atom stereocenters. The molecule has 1 nitrogen and oxygen atoms in total. The summed E-state index contributed by atoms with van der Waals surface area (Å²) in [4.78, 5) is 2.25. The van der Waals surface area contributed by atoms with E-state index in [9.17, 15) is 0 Å². The summed E-state index contributed by atoms with van der Waals surface area (Å²) in [6.07, 6.45) is 8.09. The van der Waals surface area contributed by atoms with E-state index in [0.29, 0.717) is 0 Å². The third-order valence-corrected chi connectivity index (χ3v) is 4.45. The normalized spacial score (nSPS) is 10.0. The number of nitrogens with zero attached hydrogens (tertiary/aromatic N) is 1. The van der Waals surface area contributed by atoms with E-state index >= 15 is 0 Å². The Labute approximate surface area is 99.2 Å². The molecular formula is C11H21NSSe. The standard InChI is InChI=1S/C11H21NSSe/c1-2-3-4-5-8-13-9-6-7-10-14-11-12/h2-10H2,1H3. The van der Waals surface area contributed by atoms with Gasteiger partial charge in [-0.15, -0.1) is 0 Å². The van der Waals surface area contributed by atoms with E-state index in [0.717, 1.165) is 5.32 Å².